The summed E-state index contributed by atoms with van der Waals surface area (Å²) in [5.41, 5.74) is 2.53. The molecule has 1 aliphatic heterocycles. The van der Waals surface area contributed by atoms with Gasteiger partial charge in [0.15, 0.2) is 5.82 Å². The Hall–Kier alpha value is -4.35. The smallest absolute Gasteiger partial charge is 0.388 e. The van der Waals surface area contributed by atoms with Crippen molar-refractivity contribution in [2.24, 2.45) is 0 Å². The first-order chi connectivity index (χ1) is 22.1. The first-order valence-electron chi connectivity index (χ1n) is 15.9. The van der Waals surface area contributed by atoms with Gasteiger partial charge in [-0.1, -0.05) is 54.9 Å². The van der Waals surface area contributed by atoms with Gasteiger partial charge in [-0.3, -0.25) is 19.2 Å². The fourth-order valence-electron chi connectivity index (χ4n) is 6.14. The van der Waals surface area contributed by atoms with Crippen LogP contribution in [0.1, 0.15) is 71.3 Å². The van der Waals surface area contributed by atoms with Crippen LogP contribution in [0.25, 0.3) is 22.5 Å². The van der Waals surface area contributed by atoms with Crippen LogP contribution >= 0.6 is 0 Å². The van der Waals surface area contributed by atoms with Crippen LogP contribution in [-0.2, 0) is 16.0 Å². The molecule has 4 N–H and O–H groups in total. The zero-order valence-electron chi connectivity index (χ0n) is 26.6. The van der Waals surface area contributed by atoms with Gasteiger partial charge in [0.25, 0.3) is 5.91 Å². The van der Waals surface area contributed by atoms with E-state index in [1.54, 1.807) is 55.2 Å². The Labute approximate surface area is 267 Å². The standard InChI is InChI=1S/C35H42FN5O5/c1-4-5-10-30-28(33(42)41(31(38-30)17-18-37)23-12-14-24(15-13-23)45-21-35(2,3)44)19-22-11-16-26(29(36)20-22)25-8-6-7-9-27(25)32-39-34(43)46-40-32/h6-9,11,16-18,20,23-24,37-38,44H,4-5,10,12-15,19,21H2,1-3H3,(H,39,40,43)/b31-17+,37-18?/t23-,24-. The second-order valence-electron chi connectivity index (χ2n) is 12.6. The first kappa shape index (κ1) is 33.0. The van der Waals surface area contributed by atoms with Crippen molar-refractivity contribution in [1.82, 2.24) is 20.4 Å². The van der Waals surface area contributed by atoms with E-state index in [-0.39, 0.29) is 36.9 Å². The number of carbonyl (C=O) groups excluding carboxylic acids is 1. The number of aliphatic hydroxyl groups is 1. The number of unbranched alkanes of at least 4 members (excludes halogenated alkanes) is 1. The highest BCUT2D eigenvalue weighted by Gasteiger charge is 2.37. The predicted molar refractivity (Wildman–Crippen MR) is 173 cm³/mol. The minimum absolute atomic E-state index is 0.0111. The third-order valence-electron chi connectivity index (χ3n) is 8.41. The second-order valence-corrected chi connectivity index (χ2v) is 12.6. The predicted octanol–water partition coefficient (Wildman–Crippen LogP) is 5.84. The molecule has 1 aliphatic carbocycles. The number of halogens is 1. The summed E-state index contributed by atoms with van der Waals surface area (Å²) in [7, 11) is 0. The minimum Gasteiger partial charge on any atom is -0.388 e. The van der Waals surface area contributed by atoms with Crippen molar-refractivity contribution in [3.8, 4) is 22.5 Å². The normalized spacial score (nSPS) is 19.9. The van der Waals surface area contributed by atoms with Crippen LogP contribution in [0.2, 0.25) is 0 Å². The molecule has 46 heavy (non-hydrogen) atoms. The maximum atomic E-state index is 15.8. The van der Waals surface area contributed by atoms with E-state index in [1.165, 1.54) is 12.3 Å². The molecule has 10 nitrogen and oxygen atoms in total. The van der Waals surface area contributed by atoms with Gasteiger partial charge in [0, 0.05) is 41.1 Å². The molecule has 1 saturated carbocycles. The largest absolute Gasteiger partial charge is 0.439 e. The Morgan fingerprint density at radius 3 is 2.50 bits per heavy atom. The lowest BCUT2D eigenvalue weighted by molar-refractivity contribution is -0.130. The summed E-state index contributed by atoms with van der Waals surface area (Å²) in [5, 5.41) is 25.1. The molecule has 0 saturated heterocycles. The average molecular weight is 632 g/mol. The molecule has 0 spiro atoms. The molecule has 244 valence electrons. The number of nitrogens with one attached hydrogen (secondary N) is 3. The van der Waals surface area contributed by atoms with Gasteiger partial charge >= 0.3 is 5.76 Å². The Kier molecular flexibility index (Phi) is 10.3. The SMILES string of the molecule is CCCCC1=C(Cc2ccc(-c3ccccc3-c3noc(=O)[nH]3)c(F)c2)C(=O)N([C@H]2CC[C@H](OCC(C)(C)O)CC2)/C(=C/C=N)N1. The summed E-state index contributed by atoms with van der Waals surface area (Å²) in [4.78, 5) is 30.2. The summed E-state index contributed by atoms with van der Waals surface area (Å²) in [6.45, 7) is 5.77. The monoisotopic (exact) mass is 631 g/mol. The fourth-order valence-corrected chi connectivity index (χ4v) is 6.14. The molecule has 0 atom stereocenters. The molecule has 1 fully saturated rings. The number of hydrogen-bond donors (Lipinski definition) is 4. The topological polar surface area (TPSA) is 145 Å². The summed E-state index contributed by atoms with van der Waals surface area (Å²) in [5.74, 6) is -0.504. The molecular formula is C35H42FN5O5. The lowest BCUT2D eigenvalue weighted by atomic mass is 9.89. The van der Waals surface area contributed by atoms with Gasteiger partial charge in [0.1, 0.15) is 11.6 Å². The summed E-state index contributed by atoms with van der Waals surface area (Å²) < 4.78 is 26.4. The van der Waals surface area contributed by atoms with E-state index in [0.717, 1.165) is 44.2 Å². The zero-order valence-corrected chi connectivity index (χ0v) is 26.6. The molecule has 3 aromatic rings. The number of aromatic nitrogens is 2. The van der Waals surface area contributed by atoms with Crippen LogP contribution in [0.15, 0.2) is 74.9 Å². The van der Waals surface area contributed by atoms with Crippen molar-refractivity contribution >= 4 is 12.1 Å². The molecule has 0 bridgehead atoms. The third-order valence-corrected chi connectivity index (χ3v) is 8.41. The van der Waals surface area contributed by atoms with Crippen LogP contribution in [0.3, 0.4) is 0 Å². The van der Waals surface area contributed by atoms with Crippen molar-refractivity contribution in [1.29, 1.82) is 5.41 Å². The van der Waals surface area contributed by atoms with Gasteiger partial charge in [-0.05, 0) is 75.6 Å². The molecule has 2 heterocycles. The zero-order chi connectivity index (χ0) is 32.8. The van der Waals surface area contributed by atoms with E-state index >= 15 is 4.39 Å². The van der Waals surface area contributed by atoms with Crippen molar-refractivity contribution in [3.05, 3.63) is 87.6 Å². The number of allylic oxidation sites excluding steroid dienone is 2. The van der Waals surface area contributed by atoms with E-state index in [2.05, 4.69) is 26.9 Å². The number of carbonyl (C=O) groups is 1. The number of hydrogen-bond acceptors (Lipinski definition) is 8. The van der Waals surface area contributed by atoms with Gasteiger partial charge in [-0.15, -0.1) is 0 Å². The Balaban J connectivity index is 1.41. The maximum absolute atomic E-state index is 15.8. The molecule has 2 aromatic carbocycles. The van der Waals surface area contributed by atoms with E-state index in [1.807, 2.05) is 6.07 Å². The van der Waals surface area contributed by atoms with Crippen molar-refractivity contribution in [2.75, 3.05) is 6.61 Å². The van der Waals surface area contributed by atoms with Crippen molar-refractivity contribution < 1.29 is 23.6 Å². The van der Waals surface area contributed by atoms with Crippen LogP contribution in [0, 0.1) is 11.2 Å². The van der Waals surface area contributed by atoms with Gasteiger partial charge < -0.3 is 20.6 Å². The van der Waals surface area contributed by atoms with E-state index < -0.39 is 17.2 Å². The molecular weight excluding hydrogens is 589 g/mol. The lowest BCUT2D eigenvalue weighted by Gasteiger charge is -2.42. The number of nitrogens with zero attached hydrogens (tertiary/aromatic N) is 2. The molecule has 1 amide bonds. The average Bonchev–Trinajstić information content (AvgIpc) is 3.47. The summed E-state index contributed by atoms with van der Waals surface area (Å²) in [6, 6.07) is 11.9. The summed E-state index contributed by atoms with van der Waals surface area (Å²) >= 11 is 0. The van der Waals surface area contributed by atoms with Crippen LogP contribution in [-0.4, -0.2) is 56.6 Å². The highest BCUT2D eigenvalue weighted by atomic mass is 19.1. The summed E-state index contributed by atoms with van der Waals surface area (Å²) in [6.07, 6.45) is 8.45. The maximum Gasteiger partial charge on any atom is 0.439 e. The van der Waals surface area contributed by atoms with Gasteiger partial charge in [0.2, 0.25) is 0 Å². The van der Waals surface area contributed by atoms with Crippen LogP contribution in [0.5, 0.6) is 0 Å². The Bertz CT molecular complexity index is 1680. The van der Waals surface area contributed by atoms with E-state index in [4.69, 9.17) is 10.1 Å². The molecule has 0 radical (unpaired) electrons. The fraction of sp³-hybridized carbons (Fsp3) is 0.429. The Morgan fingerprint density at radius 1 is 1.13 bits per heavy atom. The lowest BCUT2D eigenvalue weighted by Crippen LogP contribution is -2.50. The highest BCUT2D eigenvalue weighted by Crippen LogP contribution is 2.35. The minimum atomic E-state index is -0.906. The van der Waals surface area contributed by atoms with Gasteiger partial charge in [0.05, 0.1) is 18.3 Å². The molecule has 0 unspecified atom stereocenters. The number of aromatic amines is 1. The highest BCUT2D eigenvalue weighted by molar-refractivity contribution is 5.97. The molecule has 11 heteroatoms. The van der Waals surface area contributed by atoms with E-state index in [0.29, 0.717) is 40.1 Å². The number of H-pyrrole nitrogens is 1. The van der Waals surface area contributed by atoms with Crippen LogP contribution < -0.4 is 11.1 Å². The number of amides is 1. The quantitative estimate of drug-likeness (QED) is 0.184. The van der Waals surface area contributed by atoms with Crippen molar-refractivity contribution in [2.45, 2.75) is 89.9 Å². The number of benzene rings is 2. The van der Waals surface area contributed by atoms with Crippen LogP contribution in [0.4, 0.5) is 4.39 Å². The third kappa shape index (κ3) is 7.71. The number of ether oxygens (including phenoxy) is 1. The first-order valence-corrected chi connectivity index (χ1v) is 15.9. The van der Waals surface area contributed by atoms with E-state index in [9.17, 15) is 14.7 Å². The Morgan fingerprint density at radius 2 is 1.87 bits per heavy atom. The molecule has 5 rings (SSSR count). The second kappa shape index (κ2) is 14.4. The van der Waals surface area contributed by atoms with Gasteiger partial charge in [-0.2, -0.15) is 0 Å². The van der Waals surface area contributed by atoms with Crippen molar-refractivity contribution in [3.63, 3.8) is 0 Å². The molecule has 2 aliphatic rings. The molecule has 1 aromatic heterocycles. The number of rotatable bonds is 12. The van der Waals surface area contributed by atoms with Gasteiger partial charge in [-0.25, -0.2) is 9.18 Å².